The van der Waals surface area contributed by atoms with E-state index in [-0.39, 0.29) is 6.61 Å². The van der Waals surface area contributed by atoms with E-state index in [1.807, 2.05) is 24.3 Å². The highest BCUT2D eigenvalue weighted by Crippen LogP contribution is 2.28. The van der Waals surface area contributed by atoms with Crippen molar-refractivity contribution in [1.82, 2.24) is 0 Å². The SMILES string of the molecule is CCOC(=O)C(C)(N)COc1ccccc1C(C)CC. The summed E-state index contributed by atoms with van der Waals surface area (Å²) in [4.78, 5) is 11.7. The first kappa shape index (κ1) is 16.5. The van der Waals surface area contributed by atoms with Crippen LogP contribution in [-0.4, -0.2) is 24.7 Å². The van der Waals surface area contributed by atoms with E-state index in [1.165, 1.54) is 0 Å². The lowest BCUT2D eigenvalue weighted by Gasteiger charge is -2.24. The van der Waals surface area contributed by atoms with Crippen LogP contribution in [-0.2, 0) is 9.53 Å². The number of para-hydroxylation sites is 1. The minimum absolute atomic E-state index is 0.0965. The summed E-state index contributed by atoms with van der Waals surface area (Å²) in [6.07, 6.45) is 1.03. The number of hydrogen-bond acceptors (Lipinski definition) is 4. The lowest BCUT2D eigenvalue weighted by molar-refractivity contribution is -0.150. The molecule has 0 bridgehead atoms. The third-order valence-electron chi connectivity index (χ3n) is 3.33. The Labute approximate surface area is 121 Å². The molecule has 0 aliphatic rings. The molecule has 4 nitrogen and oxygen atoms in total. The minimum atomic E-state index is -1.14. The van der Waals surface area contributed by atoms with Crippen molar-refractivity contribution in [3.05, 3.63) is 29.8 Å². The Balaban J connectivity index is 2.77. The predicted molar refractivity (Wildman–Crippen MR) is 79.9 cm³/mol. The molecule has 0 saturated carbocycles. The highest BCUT2D eigenvalue weighted by Gasteiger charge is 2.31. The highest BCUT2D eigenvalue weighted by molar-refractivity contribution is 5.80. The first-order valence-electron chi connectivity index (χ1n) is 7.10. The number of esters is 1. The fraction of sp³-hybridized carbons (Fsp3) is 0.562. The van der Waals surface area contributed by atoms with Gasteiger partial charge in [-0.3, -0.25) is 0 Å². The molecule has 0 aliphatic carbocycles. The molecule has 20 heavy (non-hydrogen) atoms. The van der Waals surface area contributed by atoms with Gasteiger partial charge in [-0.15, -0.1) is 0 Å². The standard InChI is InChI=1S/C16H25NO3/c1-5-12(3)13-9-7-8-10-14(13)20-11-16(4,17)15(18)19-6-2/h7-10,12H,5-6,11,17H2,1-4H3. The second-order valence-electron chi connectivity index (χ2n) is 5.27. The highest BCUT2D eigenvalue weighted by atomic mass is 16.5. The van der Waals surface area contributed by atoms with Crippen LogP contribution in [0.1, 0.15) is 45.6 Å². The van der Waals surface area contributed by atoms with Gasteiger partial charge in [-0.25, -0.2) is 4.79 Å². The van der Waals surface area contributed by atoms with E-state index in [0.717, 1.165) is 17.7 Å². The molecule has 0 heterocycles. The smallest absolute Gasteiger partial charge is 0.329 e. The molecule has 2 N–H and O–H groups in total. The van der Waals surface area contributed by atoms with E-state index in [1.54, 1.807) is 13.8 Å². The van der Waals surface area contributed by atoms with Gasteiger partial charge in [0.25, 0.3) is 0 Å². The Hall–Kier alpha value is -1.55. The summed E-state index contributed by atoms with van der Waals surface area (Å²) in [5, 5.41) is 0. The van der Waals surface area contributed by atoms with Crippen molar-refractivity contribution in [2.24, 2.45) is 5.73 Å². The Bertz CT molecular complexity index is 443. The first-order valence-corrected chi connectivity index (χ1v) is 7.10. The zero-order chi connectivity index (χ0) is 15.2. The van der Waals surface area contributed by atoms with Crippen molar-refractivity contribution in [3.8, 4) is 5.75 Å². The van der Waals surface area contributed by atoms with Gasteiger partial charge < -0.3 is 15.2 Å². The largest absolute Gasteiger partial charge is 0.491 e. The minimum Gasteiger partial charge on any atom is -0.491 e. The van der Waals surface area contributed by atoms with Gasteiger partial charge in [0, 0.05) is 0 Å². The van der Waals surface area contributed by atoms with Gasteiger partial charge in [-0.05, 0) is 37.8 Å². The fourth-order valence-corrected chi connectivity index (χ4v) is 1.82. The van der Waals surface area contributed by atoms with Crippen molar-refractivity contribution < 1.29 is 14.3 Å². The molecule has 1 aromatic rings. The van der Waals surface area contributed by atoms with Crippen molar-refractivity contribution in [2.45, 2.75) is 45.6 Å². The molecule has 4 heteroatoms. The summed E-state index contributed by atoms with van der Waals surface area (Å²) >= 11 is 0. The van der Waals surface area contributed by atoms with Crippen LogP contribution in [0, 0.1) is 0 Å². The zero-order valence-electron chi connectivity index (χ0n) is 12.8. The molecule has 2 unspecified atom stereocenters. The zero-order valence-corrected chi connectivity index (χ0v) is 12.8. The maximum atomic E-state index is 11.7. The summed E-state index contributed by atoms with van der Waals surface area (Å²) < 4.78 is 10.7. The first-order chi connectivity index (χ1) is 9.42. The Kier molecular flexibility index (Phi) is 6.02. The summed E-state index contributed by atoms with van der Waals surface area (Å²) in [6.45, 7) is 8.07. The average molecular weight is 279 g/mol. The van der Waals surface area contributed by atoms with E-state index in [0.29, 0.717) is 12.5 Å². The predicted octanol–water partition coefficient (Wildman–Crippen LogP) is 2.86. The quantitative estimate of drug-likeness (QED) is 0.780. The monoisotopic (exact) mass is 279 g/mol. The van der Waals surface area contributed by atoms with E-state index in [9.17, 15) is 4.79 Å². The molecule has 0 radical (unpaired) electrons. The third-order valence-corrected chi connectivity index (χ3v) is 3.33. The summed E-state index contributed by atoms with van der Waals surface area (Å²) in [5.41, 5.74) is 5.95. The second-order valence-corrected chi connectivity index (χ2v) is 5.27. The van der Waals surface area contributed by atoms with Crippen LogP contribution < -0.4 is 10.5 Å². The average Bonchev–Trinajstić information content (AvgIpc) is 2.45. The number of carbonyl (C=O) groups is 1. The maximum absolute atomic E-state index is 11.7. The van der Waals surface area contributed by atoms with E-state index < -0.39 is 11.5 Å². The lowest BCUT2D eigenvalue weighted by Crippen LogP contribution is -2.51. The molecular weight excluding hydrogens is 254 g/mol. The number of rotatable bonds is 7. The maximum Gasteiger partial charge on any atom is 0.329 e. The normalized spacial score (nSPS) is 15.2. The molecule has 2 atom stereocenters. The van der Waals surface area contributed by atoms with Crippen LogP contribution in [0.5, 0.6) is 5.75 Å². The Morgan fingerprint density at radius 2 is 2.00 bits per heavy atom. The van der Waals surface area contributed by atoms with Crippen LogP contribution in [0.3, 0.4) is 0 Å². The number of nitrogens with two attached hydrogens (primary N) is 1. The third kappa shape index (κ3) is 4.23. The molecule has 112 valence electrons. The number of ether oxygens (including phenoxy) is 2. The summed E-state index contributed by atoms with van der Waals surface area (Å²) in [7, 11) is 0. The molecule has 0 saturated heterocycles. The van der Waals surface area contributed by atoms with Gasteiger partial charge in [0.15, 0.2) is 0 Å². The molecule has 1 aromatic carbocycles. The fourth-order valence-electron chi connectivity index (χ4n) is 1.82. The van der Waals surface area contributed by atoms with Crippen LogP contribution in [0.4, 0.5) is 0 Å². The van der Waals surface area contributed by atoms with Crippen LogP contribution in [0.25, 0.3) is 0 Å². The van der Waals surface area contributed by atoms with Gasteiger partial charge in [0.05, 0.1) is 6.61 Å². The van der Waals surface area contributed by atoms with Crippen molar-refractivity contribution in [3.63, 3.8) is 0 Å². The van der Waals surface area contributed by atoms with Crippen LogP contribution >= 0.6 is 0 Å². The summed E-state index contributed by atoms with van der Waals surface area (Å²) in [5.74, 6) is 0.738. The number of benzene rings is 1. The van der Waals surface area contributed by atoms with Gasteiger partial charge in [0.1, 0.15) is 17.9 Å². The lowest BCUT2D eigenvalue weighted by atomic mass is 9.97. The van der Waals surface area contributed by atoms with Gasteiger partial charge >= 0.3 is 5.97 Å². The van der Waals surface area contributed by atoms with Crippen molar-refractivity contribution in [1.29, 1.82) is 0 Å². The Morgan fingerprint density at radius 3 is 2.60 bits per heavy atom. The van der Waals surface area contributed by atoms with Crippen LogP contribution in [0.15, 0.2) is 24.3 Å². The van der Waals surface area contributed by atoms with E-state index in [4.69, 9.17) is 15.2 Å². The topological polar surface area (TPSA) is 61.5 Å². The van der Waals surface area contributed by atoms with Crippen molar-refractivity contribution in [2.75, 3.05) is 13.2 Å². The Morgan fingerprint density at radius 1 is 1.35 bits per heavy atom. The van der Waals surface area contributed by atoms with Gasteiger partial charge in [-0.1, -0.05) is 32.0 Å². The summed E-state index contributed by atoms with van der Waals surface area (Å²) in [6, 6.07) is 7.85. The van der Waals surface area contributed by atoms with Crippen LogP contribution in [0.2, 0.25) is 0 Å². The molecule has 1 rings (SSSR count). The molecule has 0 aliphatic heterocycles. The van der Waals surface area contributed by atoms with E-state index >= 15 is 0 Å². The van der Waals surface area contributed by atoms with Crippen molar-refractivity contribution >= 4 is 5.97 Å². The number of carbonyl (C=O) groups excluding carboxylic acids is 1. The van der Waals surface area contributed by atoms with Gasteiger partial charge in [-0.2, -0.15) is 0 Å². The molecule has 0 fully saturated rings. The molecular formula is C16H25NO3. The van der Waals surface area contributed by atoms with Gasteiger partial charge in [0.2, 0.25) is 0 Å². The second kappa shape index (κ2) is 7.29. The molecule has 0 amide bonds. The molecule has 0 spiro atoms. The molecule has 0 aromatic heterocycles. The number of hydrogen-bond donors (Lipinski definition) is 1. The van der Waals surface area contributed by atoms with E-state index in [2.05, 4.69) is 13.8 Å².